The fourth-order valence-corrected chi connectivity index (χ4v) is 5.78. The number of halogens is 1. The molecule has 34 heavy (non-hydrogen) atoms. The lowest BCUT2D eigenvalue weighted by molar-refractivity contribution is -0.116. The van der Waals surface area contributed by atoms with E-state index in [1.165, 1.54) is 11.8 Å². The van der Waals surface area contributed by atoms with Gasteiger partial charge in [-0.15, -0.1) is 0 Å². The van der Waals surface area contributed by atoms with Crippen molar-refractivity contribution in [2.45, 2.75) is 37.1 Å². The van der Waals surface area contributed by atoms with E-state index in [0.29, 0.717) is 28.0 Å². The van der Waals surface area contributed by atoms with Crippen molar-refractivity contribution in [3.63, 3.8) is 0 Å². The predicted molar refractivity (Wildman–Crippen MR) is 136 cm³/mol. The van der Waals surface area contributed by atoms with Crippen molar-refractivity contribution in [1.82, 2.24) is 19.6 Å². The molecule has 2 amide bonds. The summed E-state index contributed by atoms with van der Waals surface area (Å²) in [6, 6.07) is 13.1. The molecule has 0 radical (unpaired) electrons. The highest BCUT2D eigenvalue weighted by Crippen LogP contribution is 2.34. The van der Waals surface area contributed by atoms with Gasteiger partial charge in [-0.2, -0.15) is 0 Å². The largest absolute Gasteiger partial charge is 0.352 e. The van der Waals surface area contributed by atoms with Gasteiger partial charge in [-0.05, 0) is 67.7 Å². The summed E-state index contributed by atoms with van der Waals surface area (Å²) in [6.45, 7) is 2.28. The molecule has 1 saturated heterocycles. The van der Waals surface area contributed by atoms with Gasteiger partial charge in [-0.3, -0.25) is 14.0 Å². The molecule has 1 N–H and O–H groups in total. The number of pyridine rings is 1. The highest BCUT2D eigenvalue weighted by Gasteiger charge is 2.23. The monoisotopic (exact) mass is 494 g/mol. The Morgan fingerprint density at radius 2 is 1.88 bits per heavy atom. The van der Waals surface area contributed by atoms with Crippen molar-refractivity contribution in [3.8, 4) is 0 Å². The van der Waals surface area contributed by atoms with Crippen molar-refractivity contribution in [2.24, 2.45) is 5.92 Å². The van der Waals surface area contributed by atoms with Gasteiger partial charge in [0, 0.05) is 30.2 Å². The van der Waals surface area contributed by atoms with Gasteiger partial charge >= 0.3 is 0 Å². The van der Waals surface area contributed by atoms with Gasteiger partial charge in [0.15, 0.2) is 0 Å². The molecule has 0 unspecified atom stereocenters. The average Bonchev–Trinajstić information content (AvgIpc) is 3.28. The zero-order valence-electron chi connectivity index (χ0n) is 18.9. The third-order valence-electron chi connectivity index (χ3n) is 6.56. The van der Waals surface area contributed by atoms with E-state index in [0.717, 1.165) is 61.6 Å². The molecule has 0 saturated carbocycles. The van der Waals surface area contributed by atoms with Crippen LogP contribution in [0.15, 0.2) is 58.6 Å². The molecule has 2 aliphatic rings. The van der Waals surface area contributed by atoms with E-state index in [2.05, 4.69) is 14.7 Å². The zero-order chi connectivity index (χ0) is 23.5. The van der Waals surface area contributed by atoms with Gasteiger partial charge in [0.25, 0.3) is 11.8 Å². The van der Waals surface area contributed by atoms with E-state index in [9.17, 15) is 9.59 Å². The zero-order valence-corrected chi connectivity index (χ0v) is 20.4. The number of hydrogen-bond acceptors (Lipinski definition) is 4. The Morgan fingerprint density at radius 1 is 1.09 bits per heavy atom. The molecule has 4 heterocycles. The molecule has 1 aromatic carbocycles. The van der Waals surface area contributed by atoms with Crippen LogP contribution in [0.1, 0.15) is 48.2 Å². The number of rotatable bonds is 7. The smallest absolute Gasteiger partial charge is 0.258 e. The summed E-state index contributed by atoms with van der Waals surface area (Å²) in [6.07, 6.45) is 8.96. The maximum atomic E-state index is 12.7. The molecule has 176 valence electrons. The van der Waals surface area contributed by atoms with Gasteiger partial charge in [0.1, 0.15) is 5.65 Å². The summed E-state index contributed by atoms with van der Waals surface area (Å²) >= 11 is 7.41. The first-order valence-electron chi connectivity index (χ1n) is 11.8. The molecule has 5 rings (SSSR count). The number of likely N-dealkylation sites (tertiary alicyclic amines) is 1. The van der Waals surface area contributed by atoms with Crippen LogP contribution in [0.3, 0.4) is 0 Å². The number of piperidine rings is 1. The fraction of sp³-hybridized carbons (Fsp3) is 0.346. The van der Waals surface area contributed by atoms with Gasteiger partial charge < -0.3 is 10.2 Å². The Balaban J connectivity index is 1.01. The van der Waals surface area contributed by atoms with Crippen molar-refractivity contribution in [3.05, 3.63) is 69.8 Å². The number of carbonyl (C=O) groups is 2. The number of hydrogen-bond donors (Lipinski definition) is 1. The Labute approximate surface area is 208 Å². The molecule has 6 nitrogen and oxygen atoms in total. The number of benzene rings is 1. The normalized spacial score (nSPS) is 15.9. The van der Waals surface area contributed by atoms with Gasteiger partial charge in [0.05, 0.1) is 21.8 Å². The first kappa shape index (κ1) is 23.0. The summed E-state index contributed by atoms with van der Waals surface area (Å²) in [5.41, 5.74) is 2.54. The van der Waals surface area contributed by atoms with Gasteiger partial charge in [0.2, 0.25) is 0 Å². The first-order valence-corrected chi connectivity index (χ1v) is 13.0. The molecule has 2 aromatic heterocycles. The molecule has 0 aliphatic carbocycles. The Morgan fingerprint density at radius 3 is 2.68 bits per heavy atom. The molecule has 2 aliphatic heterocycles. The number of nitrogens with zero attached hydrogens (tertiary/aromatic N) is 3. The quantitative estimate of drug-likeness (QED) is 0.454. The summed E-state index contributed by atoms with van der Waals surface area (Å²) in [4.78, 5) is 32.4. The van der Waals surface area contributed by atoms with Gasteiger partial charge in [-0.1, -0.05) is 42.3 Å². The van der Waals surface area contributed by atoms with E-state index >= 15 is 0 Å². The number of thioether (sulfide) groups is 1. The Bertz CT molecular complexity index is 1230. The number of nitrogens with one attached hydrogen (secondary N) is 1. The predicted octanol–water partition coefficient (Wildman–Crippen LogP) is 5.27. The van der Waals surface area contributed by atoms with Crippen LogP contribution >= 0.6 is 23.4 Å². The Hall–Kier alpha value is -2.77. The van der Waals surface area contributed by atoms with E-state index < -0.39 is 0 Å². The molecule has 0 atom stereocenters. The second kappa shape index (κ2) is 10.2. The van der Waals surface area contributed by atoms with Crippen LogP contribution < -0.4 is 5.32 Å². The third-order valence-corrected chi connectivity index (χ3v) is 7.86. The summed E-state index contributed by atoms with van der Waals surface area (Å²) in [7, 11) is 0. The fourth-order valence-electron chi connectivity index (χ4n) is 4.65. The van der Waals surface area contributed by atoms with Crippen molar-refractivity contribution in [2.75, 3.05) is 19.6 Å². The minimum absolute atomic E-state index is 0.0246. The topological polar surface area (TPSA) is 66.7 Å². The number of carbonyl (C=O) groups excluding carboxylic acids is 2. The van der Waals surface area contributed by atoms with Crippen molar-refractivity contribution < 1.29 is 9.59 Å². The maximum absolute atomic E-state index is 12.7. The van der Waals surface area contributed by atoms with Crippen LogP contribution in [0.5, 0.6) is 0 Å². The SMILES string of the molecule is O=C(NCCCCC1CCN(C(=O)c2ccc(Cl)cc2)CC1)C1=Cc2cnc3cccc(n23)S1. The highest BCUT2D eigenvalue weighted by atomic mass is 35.5. The Kier molecular flexibility index (Phi) is 6.92. The van der Waals surface area contributed by atoms with Crippen LogP contribution in [0.2, 0.25) is 5.02 Å². The number of amides is 2. The second-order valence-electron chi connectivity index (χ2n) is 8.85. The van der Waals surface area contributed by atoms with E-state index in [1.54, 1.807) is 30.5 Å². The third kappa shape index (κ3) is 5.00. The van der Waals surface area contributed by atoms with Crippen molar-refractivity contribution >= 4 is 46.9 Å². The number of aromatic nitrogens is 2. The van der Waals surface area contributed by atoms with Crippen molar-refractivity contribution in [1.29, 1.82) is 0 Å². The molecule has 1 fully saturated rings. The summed E-state index contributed by atoms with van der Waals surface area (Å²) < 4.78 is 2.07. The summed E-state index contributed by atoms with van der Waals surface area (Å²) in [5.74, 6) is 0.706. The van der Waals surface area contributed by atoms with Gasteiger partial charge in [-0.25, -0.2) is 4.98 Å². The minimum atomic E-state index is -0.0246. The lowest BCUT2D eigenvalue weighted by atomic mass is 9.91. The standard InChI is InChI=1S/C26H27ClN4O2S/c27-20-9-7-19(8-10-20)26(33)30-14-11-18(12-15-30)4-1-2-13-28-25(32)22-16-21-17-29-23-5-3-6-24(34-22)31(21)23/h3,5-10,16-18H,1-2,4,11-15H2,(H,28,32). The highest BCUT2D eigenvalue weighted by molar-refractivity contribution is 8.04. The van der Waals surface area contributed by atoms with Crippen LogP contribution in [0, 0.1) is 5.92 Å². The maximum Gasteiger partial charge on any atom is 0.258 e. The molecule has 8 heteroatoms. The molecular weight excluding hydrogens is 468 g/mol. The lowest BCUT2D eigenvalue weighted by Gasteiger charge is -2.32. The number of unbranched alkanes of at least 4 members (excludes halogenated alkanes) is 1. The van der Waals surface area contributed by atoms with E-state index in [1.807, 2.05) is 29.2 Å². The molecular formula is C26H27ClN4O2S. The molecule has 0 spiro atoms. The minimum Gasteiger partial charge on any atom is -0.352 e. The molecule has 3 aromatic rings. The lowest BCUT2D eigenvalue weighted by Crippen LogP contribution is -2.38. The van der Waals surface area contributed by atoms with Crippen LogP contribution in [-0.4, -0.2) is 45.7 Å². The van der Waals surface area contributed by atoms with Crippen LogP contribution in [0.25, 0.3) is 11.7 Å². The number of imidazole rings is 1. The van der Waals surface area contributed by atoms with E-state index in [-0.39, 0.29) is 11.8 Å². The summed E-state index contributed by atoms with van der Waals surface area (Å²) in [5, 5.41) is 4.73. The average molecular weight is 495 g/mol. The van der Waals surface area contributed by atoms with Crippen LogP contribution in [-0.2, 0) is 4.79 Å². The first-order chi connectivity index (χ1) is 16.6. The molecule has 0 bridgehead atoms. The second-order valence-corrected chi connectivity index (χ2v) is 10.3. The van der Waals surface area contributed by atoms with Crippen LogP contribution in [0.4, 0.5) is 0 Å². The van der Waals surface area contributed by atoms with E-state index in [4.69, 9.17) is 11.6 Å².